The summed E-state index contributed by atoms with van der Waals surface area (Å²) < 4.78 is 11.0. The van der Waals surface area contributed by atoms with Crippen LogP contribution in [0.1, 0.15) is 42.4 Å². The van der Waals surface area contributed by atoms with Gasteiger partial charge in [0.05, 0.1) is 34.5 Å². The van der Waals surface area contributed by atoms with Crippen molar-refractivity contribution in [1.29, 1.82) is 0 Å². The van der Waals surface area contributed by atoms with E-state index in [1.807, 2.05) is 0 Å². The molecule has 2 heterocycles. The lowest BCUT2D eigenvalue weighted by atomic mass is 10.1. The van der Waals surface area contributed by atoms with E-state index >= 15 is 0 Å². The smallest absolute Gasteiger partial charge is 0.338 e. The molecule has 1 aromatic heterocycles. The fourth-order valence-electron chi connectivity index (χ4n) is 3.31. The quantitative estimate of drug-likeness (QED) is 0.368. The number of esters is 1. The highest BCUT2D eigenvalue weighted by molar-refractivity contribution is 9.10. The van der Waals surface area contributed by atoms with Gasteiger partial charge in [0.25, 0.3) is 17.7 Å². The second-order valence-corrected chi connectivity index (χ2v) is 8.43. The van der Waals surface area contributed by atoms with Gasteiger partial charge in [0, 0.05) is 10.2 Å². The highest BCUT2D eigenvalue weighted by atomic mass is 79.9. The number of hydrogen-bond acceptors (Lipinski definition) is 6. The van der Waals surface area contributed by atoms with Crippen LogP contribution in [0.25, 0.3) is 0 Å². The molecule has 0 spiro atoms. The molecule has 0 saturated heterocycles. The number of imide groups is 1. The summed E-state index contributed by atoms with van der Waals surface area (Å²) in [5, 5.41) is 3.09. The molecule has 0 saturated carbocycles. The largest absolute Gasteiger partial charge is 0.467 e. The lowest BCUT2D eigenvalue weighted by molar-refractivity contribution is -0.119. The number of fused-ring (bicyclic) bond motifs is 1. The first-order valence-corrected chi connectivity index (χ1v) is 10.9. The van der Waals surface area contributed by atoms with Crippen molar-refractivity contribution >= 4 is 56.9 Å². The van der Waals surface area contributed by atoms with Crippen LogP contribution in [0.5, 0.6) is 0 Å². The Morgan fingerprint density at radius 1 is 1.12 bits per heavy atom. The lowest BCUT2D eigenvalue weighted by Crippen LogP contribution is -2.28. The minimum Gasteiger partial charge on any atom is -0.467 e. The van der Waals surface area contributed by atoms with Crippen molar-refractivity contribution in [1.82, 2.24) is 4.90 Å². The lowest BCUT2D eigenvalue weighted by Gasteiger charge is -2.11. The first kappa shape index (κ1) is 22.8. The minimum atomic E-state index is -0.803. The van der Waals surface area contributed by atoms with E-state index in [0.29, 0.717) is 26.5 Å². The molecule has 4 rings (SSSR count). The molecule has 0 fully saturated rings. The van der Waals surface area contributed by atoms with Crippen molar-refractivity contribution in [3.05, 3.63) is 86.2 Å². The van der Waals surface area contributed by atoms with Crippen molar-refractivity contribution in [3.63, 3.8) is 0 Å². The van der Waals surface area contributed by atoms with Crippen molar-refractivity contribution in [3.8, 4) is 0 Å². The second-order valence-electron chi connectivity index (χ2n) is 7.19. The number of furan rings is 1. The Kier molecular flexibility index (Phi) is 6.35. The summed E-state index contributed by atoms with van der Waals surface area (Å²) in [6.07, 6.45) is 1.45. The zero-order valence-corrected chi connectivity index (χ0v) is 19.5. The number of benzene rings is 2. The molecule has 3 aromatic rings. The maximum atomic E-state index is 12.7. The van der Waals surface area contributed by atoms with Gasteiger partial charge < -0.3 is 14.5 Å². The van der Waals surface area contributed by atoms with Gasteiger partial charge in [-0.3, -0.25) is 19.3 Å². The standard InChI is InChI=1S/C23H16BrClN2O6/c1-12-18(7-6-17(24)20(12)25)26-19(28)11-33-23(31)13-4-5-15-16(9-13)22(30)27(21(15)29)10-14-3-2-8-32-14/h2-9H,10-11H2,1H3,(H,26,28). The second kappa shape index (κ2) is 9.21. The van der Waals surface area contributed by atoms with Crippen LogP contribution in [0.2, 0.25) is 5.02 Å². The summed E-state index contributed by atoms with van der Waals surface area (Å²) in [4.78, 5) is 50.9. The summed E-state index contributed by atoms with van der Waals surface area (Å²) in [5.41, 5.74) is 1.47. The normalized spacial score (nSPS) is 12.6. The Labute approximate surface area is 201 Å². The fourth-order valence-corrected chi connectivity index (χ4v) is 3.90. The van der Waals surface area contributed by atoms with Crippen LogP contribution in [0.3, 0.4) is 0 Å². The van der Waals surface area contributed by atoms with Crippen molar-refractivity contribution < 1.29 is 28.3 Å². The maximum absolute atomic E-state index is 12.7. The third-order valence-electron chi connectivity index (χ3n) is 5.05. The summed E-state index contributed by atoms with van der Waals surface area (Å²) >= 11 is 9.45. The number of anilines is 1. The Morgan fingerprint density at radius 2 is 1.88 bits per heavy atom. The third-order valence-corrected chi connectivity index (χ3v) is 6.42. The number of rotatable bonds is 6. The first-order valence-electron chi connectivity index (χ1n) is 9.70. The average Bonchev–Trinajstić information content (AvgIpc) is 3.40. The van der Waals surface area contributed by atoms with Gasteiger partial charge >= 0.3 is 5.97 Å². The molecule has 2 aromatic carbocycles. The van der Waals surface area contributed by atoms with Gasteiger partial charge in [0.15, 0.2) is 6.61 Å². The summed E-state index contributed by atoms with van der Waals surface area (Å²) in [5.74, 6) is -1.92. The fraction of sp³-hybridized carbons (Fsp3) is 0.130. The zero-order chi connectivity index (χ0) is 23.7. The number of carbonyl (C=O) groups excluding carboxylic acids is 4. The minimum absolute atomic E-state index is 0.0151. The Bertz CT molecular complexity index is 1290. The zero-order valence-electron chi connectivity index (χ0n) is 17.2. The molecule has 0 aliphatic carbocycles. The van der Waals surface area contributed by atoms with Crippen molar-refractivity contribution in [2.75, 3.05) is 11.9 Å². The van der Waals surface area contributed by atoms with Crippen LogP contribution >= 0.6 is 27.5 Å². The SMILES string of the molecule is Cc1c(NC(=O)COC(=O)c2ccc3c(c2)C(=O)N(Cc2ccco2)C3=O)ccc(Br)c1Cl. The van der Waals surface area contributed by atoms with Gasteiger partial charge in [0.2, 0.25) is 0 Å². The monoisotopic (exact) mass is 530 g/mol. The number of halogens is 2. The summed E-state index contributed by atoms with van der Waals surface area (Å²) in [6.45, 7) is 1.19. The molecular formula is C23H16BrClN2O6. The molecule has 8 nitrogen and oxygen atoms in total. The molecular weight excluding hydrogens is 516 g/mol. The number of nitrogens with one attached hydrogen (secondary N) is 1. The van der Waals surface area contributed by atoms with Crippen molar-refractivity contribution in [2.24, 2.45) is 0 Å². The predicted molar refractivity (Wildman–Crippen MR) is 122 cm³/mol. The molecule has 0 atom stereocenters. The van der Waals surface area contributed by atoms with E-state index in [-0.39, 0.29) is 23.2 Å². The van der Waals surface area contributed by atoms with E-state index in [0.717, 1.165) is 4.90 Å². The highest BCUT2D eigenvalue weighted by Crippen LogP contribution is 2.31. The van der Waals surface area contributed by atoms with Gasteiger partial charge in [-0.1, -0.05) is 11.6 Å². The van der Waals surface area contributed by atoms with E-state index in [1.165, 1.54) is 24.5 Å². The van der Waals surface area contributed by atoms with Crippen LogP contribution in [0.15, 0.2) is 57.6 Å². The molecule has 1 N–H and O–H groups in total. The van der Waals surface area contributed by atoms with E-state index < -0.39 is 30.3 Å². The average molecular weight is 532 g/mol. The molecule has 168 valence electrons. The van der Waals surface area contributed by atoms with E-state index in [9.17, 15) is 19.2 Å². The molecule has 33 heavy (non-hydrogen) atoms. The van der Waals surface area contributed by atoms with E-state index in [2.05, 4.69) is 21.2 Å². The first-order chi connectivity index (χ1) is 15.8. The van der Waals surface area contributed by atoms with Crippen LogP contribution in [0, 0.1) is 6.92 Å². The molecule has 0 unspecified atom stereocenters. The van der Waals surface area contributed by atoms with Gasteiger partial charge in [-0.15, -0.1) is 0 Å². The molecule has 10 heteroatoms. The molecule has 3 amide bonds. The van der Waals surface area contributed by atoms with Crippen LogP contribution in [-0.2, 0) is 16.1 Å². The Morgan fingerprint density at radius 3 is 2.61 bits per heavy atom. The topological polar surface area (TPSA) is 106 Å². The third kappa shape index (κ3) is 4.55. The van der Waals surface area contributed by atoms with E-state index in [4.69, 9.17) is 20.8 Å². The number of ether oxygens (including phenoxy) is 1. The number of amides is 3. The summed E-state index contributed by atoms with van der Waals surface area (Å²) in [7, 11) is 0. The Balaban J connectivity index is 1.41. The van der Waals surface area contributed by atoms with Gasteiger partial charge in [-0.05, 0) is 70.9 Å². The van der Waals surface area contributed by atoms with Gasteiger partial charge in [0.1, 0.15) is 5.76 Å². The highest BCUT2D eigenvalue weighted by Gasteiger charge is 2.36. The molecule has 0 radical (unpaired) electrons. The van der Waals surface area contributed by atoms with Crippen LogP contribution in [-0.4, -0.2) is 35.2 Å². The summed E-state index contributed by atoms with van der Waals surface area (Å²) in [6, 6.07) is 10.7. The van der Waals surface area contributed by atoms with Gasteiger partial charge in [-0.25, -0.2) is 4.79 Å². The molecule has 0 bridgehead atoms. The Hall–Kier alpha value is -3.43. The molecule has 1 aliphatic heterocycles. The number of hydrogen-bond donors (Lipinski definition) is 1. The predicted octanol–water partition coefficient (Wildman–Crippen LogP) is 4.60. The maximum Gasteiger partial charge on any atom is 0.338 e. The van der Waals surface area contributed by atoms with E-state index in [1.54, 1.807) is 31.2 Å². The number of carbonyl (C=O) groups is 4. The number of nitrogens with zero attached hydrogens (tertiary/aromatic N) is 1. The van der Waals surface area contributed by atoms with Crippen molar-refractivity contribution in [2.45, 2.75) is 13.5 Å². The van der Waals surface area contributed by atoms with Crippen LogP contribution < -0.4 is 5.32 Å². The van der Waals surface area contributed by atoms with Gasteiger partial charge in [-0.2, -0.15) is 0 Å². The van der Waals surface area contributed by atoms with Crippen LogP contribution in [0.4, 0.5) is 5.69 Å². The molecule has 1 aliphatic rings.